The van der Waals surface area contributed by atoms with Crippen molar-refractivity contribution in [3.8, 4) is 17.0 Å². The van der Waals surface area contributed by atoms with Gasteiger partial charge in [0.15, 0.2) is 0 Å². The Bertz CT molecular complexity index is 1340. The van der Waals surface area contributed by atoms with E-state index in [1.165, 1.54) is 6.42 Å². The van der Waals surface area contributed by atoms with Crippen LogP contribution >= 0.6 is 11.6 Å². The lowest BCUT2D eigenvalue weighted by Gasteiger charge is -2.28. The highest BCUT2D eigenvalue weighted by Crippen LogP contribution is 2.35. The van der Waals surface area contributed by atoms with Gasteiger partial charge in [0, 0.05) is 36.5 Å². The zero-order valence-electron chi connectivity index (χ0n) is 19.5. The summed E-state index contributed by atoms with van der Waals surface area (Å²) < 4.78 is 11.0. The van der Waals surface area contributed by atoms with Gasteiger partial charge in [-0.15, -0.1) is 0 Å². The van der Waals surface area contributed by atoms with Crippen molar-refractivity contribution in [1.82, 2.24) is 15.1 Å². The SMILES string of the molecule is COc1ccc(Cl)cc1NC(=O)CCc1nc(N2CCCCC2)c2c(-c3ccccc3)noc2n1. The number of piperidine rings is 1. The first kappa shape index (κ1) is 23.1. The van der Waals surface area contributed by atoms with E-state index < -0.39 is 0 Å². The molecule has 2 aromatic heterocycles. The lowest BCUT2D eigenvalue weighted by molar-refractivity contribution is -0.116. The molecule has 35 heavy (non-hydrogen) atoms. The Balaban J connectivity index is 1.42. The highest BCUT2D eigenvalue weighted by molar-refractivity contribution is 6.31. The number of fused-ring (bicyclic) bond motifs is 1. The predicted octanol–water partition coefficient (Wildman–Crippen LogP) is 5.51. The summed E-state index contributed by atoms with van der Waals surface area (Å²) in [5.74, 6) is 1.73. The van der Waals surface area contributed by atoms with Gasteiger partial charge in [-0.3, -0.25) is 4.79 Å². The molecule has 2 aromatic carbocycles. The van der Waals surface area contributed by atoms with Gasteiger partial charge in [0.05, 0.1) is 12.8 Å². The molecule has 1 aliphatic heterocycles. The molecule has 5 rings (SSSR count). The van der Waals surface area contributed by atoms with Crippen LogP contribution in [0.25, 0.3) is 22.4 Å². The number of halogens is 1. The molecule has 9 heteroatoms. The average molecular weight is 492 g/mol. The van der Waals surface area contributed by atoms with Crippen LogP contribution in [0, 0.1) is 0 Å². The first-order chi connectivity index (χ1) is 17.1. The molecule has 1 saturated heterocycles. The molecule has 0 bridgehead atoms. The number of hydrogen-bond acceptors (Lipinski definition) is 7. The van der Waals surface area contributed by atoms with Crippen molar-refractivity contribution in [1.29, 1.82) is 0 Å². The average Bonchev–Trinajstić information content (AvgIpc) is 3.32. The molecular formula is C26H26ClN5O3. The molecule has 4 aromatic rings. The van der Waals surface area contributed by atoms with E-state index in [1.807, 2.05) is 30.3 Å². The van der Waals surface area contributed by atoms with Crippen LogP contribution in [0.1, 0.15) is 31.5 Å². The number of rotatable bonds is 7. The number of anilines is 2. The van der Waals surface area contributed by atoms with Gasteiger partial charge in [-0.1, -0.05) is 47.1 Å². The number of nitrogens with one attached hydrogen (secondary N) is 1. The monoisotopic (exact) mass is 491 g/mol. The zero-order chi connectivity index (χ0) is 24.2. The van der Waals surface area contributed by atoms with E-state index in [9.17, 15) is 4.79 Å². The van der Waals surface area contributed by atoms with Crippen molar-refractivity contribution in [3.05, 3.63) is 59.4 Å². The topological polar surface area (TPSA) is 93.4 Å². The molecule has 180 valence electrons. The van der Waals surface area contributed by atoms with Gasteiger partial charge < -0.3 is 19.5 Å². The van der Waals surface area contributed by atoms with Crippen LogP contribution < -0.4 is 15.0 Å². The number of benzene rings is 2. The van der Waals surface area contributed by atoms with Crippen LogP contribution in [0.2, 0.25) is 5.02 Å². The summed E-state index contributed by atoms with van der Waals surface area (Å²) in [4.78, 5) is 24.5. The number of carbonyl (C=O) groups is 1. The summed E-state index contributed by atoms with van der Waals surface area (Å²) in [5, 5.41) is 8.52. The second-order valence-corrected chi connectivity index (χ2v) is 8.92. The number of amides is 1. The van der Waals surface area contributed by atoms with Crippen LogP contribution in [-0.4, -0.2) is 41.2 Å². The summed E-state index contributed by atoms with van der Waals surface area (Å²) in [6, 6.07) is 15.0. The fourth-order valence-corrected chi connectivity index (χ4v) is 4.51. The van der Waals surface area contributed by atoms with Gasteiger partial charge in [0.25, 0.3) is 5.71 Å². The molecule has 0 atom stereocenters. The molecule has 0 unspecified atom stereocenters. The predicted molar refractivity (Wildman–Crippen MR) is 136 cm³/mol. The lowest BCUT2D eigenvalue weighted by Crippen LogP contribution is -2.30. The first-order valence-corrected chi connectivity index (χ1v) is 12.1. The minimum Gasteiger partial charge on any atom is -0.495 e. The molecule has 0 saturated carbocycles. The minimum atomic E-state index is -0.184. The maximum absolute atomic E-state index is 12.7. The molecule has 0 spiro atoms. The molecule has 3 heterocycles. The Morgan fingerprint density at radius 3 is 2.69 bits per heavy atom. The van der Waals surface area contributed by atoms with Gasteiger partial charge in [0.2, 0.25) is 5.91 Å². The van der Waals surface area contributed by atoms with E-state index in [0.29, 0.717) is 34.4 Å². The van der Waals surface area contributed by atoms with Crippen LogP contribution in [-0.2, 0) is 11.2 Å². The van der Waals surface area contributed by atoms with Gasteiger partial charge in [-0.25, -0.2) is 4.98 Å². The van der Waals surface area contributed by atoms with Gasteiger partial charge >= 0.3 is 0 Å². The first-order valence-electron chi connectivity index (χ1n) is 11.7. The number of aryl methyl sites for hydroxylation is 1. The summed E-state index contributed by atoms with van der Waals surface area (Å²) in [6.45, 7) is 1.83. The lowest BCUT2D eigenvalue weighted by atomic mass is 10.1. The molecule has 8 nitrogen and oxygen atoms in total. The largest absolute Gasteiger partial charge is 0.495 e. The Labute approximate surface area is 208 Å². The van der Waals surface area contributed by atoms with E-state index >= 15 is 0 Å². The van der Waals surface area contributed by atoms with Crippen molar-refractivity contribution in [2.24, 2.45) is 0 Å². The van der Waals surface area contributed by atoms with Gasteiger partial charge in [-0.2, -0.15) is 4.98 Å². The third-order valence-corrected chi connectivity index (χ3v) is 6.31. The molecule has 1 N–H and O–H groups in total. The highest BCUT2D eigenvalue weighted by Gasteiger charge is 2.24. The van der Waals surface area contributed by atoms with E-state index in [-0.39, 0.29) is 12.3 Å². The Morgan fingerprint density at radius 1 is 1.11 bits per heavy atom. The van der Waals surface area contributed by atoms with Crippen molar-refractivity contribution < 1.29 is 14.1 Å². The third kappa shape index (κ3) is 5.07. The summed E-state index contributed by atoms with van der Waals surface area (Å²) in [5.41, 5.74) is 2.65. The number of ether oxygens (including phenoxy) is 1. The molecular weight excluding hydrogens is 466 g/mol. The quantitative estimate of drug-likeness (QED) is 0.364. The summed E-state index contributed by atoms with van der Waals surface area (Å²) in [6.07, 6.45) is 3.97. The van der Waals surface area contributed by atoms with Gasteiger partial charge in [0.1, 0.15) is 28.5 Å². The fourth-order valence-electron chi connectivity index (χ4n) is 4.34. The Morgan fingerprint density at radius 2 is 1.91 bits per heavy atom. The van der Waals surface area contributed by atoms with Crippen molar-refractivity contribution >= 4 is 40.1 Å². The number of nitrogens with zero attached hydrogens (tertiary/aromatic N) is 4. The third-order valence-electron chi connectivity index (χ3n) is 6.08. The molecule has 0 radical (unpaired) electrons. The van der Waals surface area contributed by atoms with E-state index in [1.54, 1.807) is 25.3 Å². The smallest absolute Gasteiger partial charge is 0.263 e. The van der Waals surface area contributed by atoms with E-state index in [4.69, 9.17) is 25.8 Å². The number of hydrogen-bond donors (Lipinski definition) is 1. The normalized spacial score (nSPS) is 13.7. The van der Waals surface area contributed by atoms with E-state index in [2.05, 4.69) is 20.4 Å². The van der Waals surface area contributed by atoms with Crippen molar-refractivity contribution in [2.45, 2.75) is 32.1 Å². The van der Waals surface area contributed by atoms with Crippen LogP contribution in [0.5, 0.6) is 5.75 Å². The number of methoxy groups -OCH3 is 1. The van der Waals surface area contributed by atoms with Crippen LogP contribution in [0.4, 0.5) is 11.5 Å². The summed E-state index contributed by atoms with van der Waals surface area (Å²) in [7, 11) is 1.55. The standard InChI is InChI=1S/C26H26ClN5O3/c1-34-20-11-10-18(27)16-19(20)28-22(33)13-12-21-29-25(32-14-6-3-7-15-32)23-24(31-35-26(23)30-21)17-8-4-2-5-9-17/h2,4-5,8-11,16H,3,6-7,12-15H2,1H3,(H,28,33). The van der Waals surface area contributed by atoms with Crippen molar-refractivity contribution in [2.75, 3.05) is 30.4 Å². The highest BCUT2D eigenvalue weighted by atomic mass is 35.5. The minimum absolute atomic E-state index is 0.184. The molecule has 0 aliphatic carbocycles. The summed E-state index contributed by atoms with van der Waals surface area (Å²) >= 11 is 6.08. The Hall–Kier alpha value is -3.65. The number of carbonyl (C=O) groups excluding carboxylic acids is 1. The van der Waals surface area contributed by atoms with E-state index in [0.717, 1.165) is 48.4 Å². The Kier molecular flexibility index (Phi) is 6.81. The molecule has 1 fully saturated rings. The second-order valence-electron chi connectivity index (χ2n) is 8.48. The molecule has 1 aliphatic rings. The van der Waals surface area contributed by atoms with Gasteiger partial charge in [-0.05, 0) is 37.5 Å². The second kappa shape index (κ2) is 10.3. The van der Waals surface area contributed by atoms with Crippen LogP contribution in [0.3, 0.4) is 0 Å². The van der Waals surface area contributed by atoms with Crippen molar-refractivity contribution in [3.63, 3.8) is 0 Å². The maximum atomic E-state index is 12.7. The molecule has 1 amide bonds. The van der Waals surface area contributed by atoms with Crippen LogP contribution in [0.15, 0.2) is 53.1 Å². The number of aromatic nitrogens is 3. The fraction of sp³-hybridized carbons (Fsp3) is 0.308. The maximum Gasteiger partial charge on any atom is 0.263 e. The zero-order valence-corrected chi connectivity index (χ0v) is 20.2.